The fraction of sp³-hybridized carbons (Fsp3) is 0.471. The monoisotopic (exact) mass is 427 g/mol. The minimum absolute atomic E-state index is 0.150. The van der Waals surface area contributed by atoms with Crippen LogP contribution in [0.3, 0.4) is 0 Å². The third kappa shape index (κ3) is 3.42. The number of fused-ring (bicyclic) bond motifs is 2. The number of aryl methyl sites for hydroxylation is 1. The van der Waals surface area contributed by atoms with Gasteiger partial charge in [0.15, 0.2) is 0 Å². The molecule has 0 spiro atoms. The van der Waals surface area contributed by atoms with Gasteiger partial charge >= 0.3 is 6.18 Å². The van der Waals surface area contributed by atoms with Crippen molar-refractivity contribution in [2.45, 2.75) is 38.1 Å². The molecule has 3 fully saturated rings. The fourth-order valence-electron chi connectivity index (χ4n) is 3.83. The van der Waals surface area contributed by atoms with Crippen molar-refractivity contribution in [1.82, 2.24) is 19.9 Å². The Morgan fingerprint density at radius 1 is 1.15 bits per heavy atom. The first-order valence-electron chi connectivity index (χ1n) is 8.32. The first-order valence-corrected chi connectivity index (χ1v) is 9.12. The van der Waals surface area contributed by atoms with Crippen molar-refractivity contribution >= 4 is 21.7 Å². The van der Waals surface area contributed by atoms with Crippen LogP contribution in [0, 0.1) is 6.92 Å². The van der Waals surface area contributed by atoms with Gasteiger partial charge in [0, 0.05) is 54.7 Å². The Labute approximate surface area is 157 Å². The number of nitrogens with zero attached hydrogens (tertiary/aromatic N) is 5. The molecule has 2 bridgehead atoms. The van der Waals surface area contributed by atoms with E-state index in [4.69, 9.17) is 0 Å². The molecule has 3 saturated heterocycles. The molecular weight excluding hydrogens is 411 g/mol. The first kappa shape index (κ1) is 17.7. The smallest absolute Gasteiger partial charge is 0.348 e. The highest BCUT2D eigenvalue weighted by molar-refractivity contribution is 9.10. The Kier molecular flexibility index (Phi) is 4.38. The number of hydrogen-bond acceptors (Lipinski definition) is 5. The van der Waals surface area contributed by atoms with Crippen molar-refractivity contribution in [3.63, 3.8) is 0 Å². The second-order valence-electron chi connectivity index (χ2n) is 6.81. The van der Waals surface area contributed by atoms with Gasteiger partial charge in [-0.2, -0.15) is 13.2 Å². The summed E-state index contributed by atoms with van der Waals surface area (Å²) in [6.45, 7) is 3.88. The molecule has 5 rings (SSSR count). The topological polar surface area (TPSA) is 45.2 Å². The molecule has 3 aliphatic rings. The number of anilines is 1. The summed E-state index contributed by atoms with van der Waals surface area (Å²) in [6, 6.07) is 3.47. The van der Waals surface area contributed by atoms with Crippen LogP contribution in [0.2, 0.25) is 0 Å². The number of rotatable bonds is 3. The van der Waals surface area contributed by atoms with Crippen molar-refractivity contribution in [3.05, 3.63) is 46.1 Å². The third-order valence-electron chi connectivity index (χ3n) is 4.82. The van der Waals surface area contributed by atoms with E-state index in [0.29, 0.717) is 5.82 Å². The predicted molar refractivity (Wildman–Crippen MR) is 93.7 cm³/mol. The zero-order valence-corrected chi connectivity index (χ0v) is 15.6. The summed E-state index contributed by atoms with van der Waals surface area (Å²) < 4.78 is 40.0. The lowest BCUT2D eigenvalue weighted by molar-refractivity contribution is -0.141. The minimum Gasteiger partial charge on any atom is -0.348 e. The summed E-state index contributed by atoms with van der Waals surface area (Å²) in [5, 5.41) is 0. The Morgan fingerprint density at radius 3 is 2.54 bits per heavy atom. The van der Waals surface area contributed by atoms with Crippen molar-refractivity contribution < 1.29 is 13.2 Å². The maximum Gasteiger partial charge on any atom is 0.433 e. The van der Waals surface area contributed by atoms with Gasteiger partial charge in [-0.3, -0.25) is 9.88 Å². The maximum atomic E-state index is 13.0. The Balaban J connectivity index is 1.49. The first-order chi connectivity index (χ1) is 12.3. The summed E-state index contributed by atoms with van der Waals surface area (Å²) in [5.74, 6) is 0.534. The number of alkyl halides is 3. The SMILES string of the molecule is Cc1nc(N2C3CC2CN(Cc2cncc(Br)c2)C3)cc(C(F)(F)F)n1. The summed E-state index contributed by atoms with van der Waals surface area (Å²) in [5.41, 5.74) is 0.242. The second kappa shape index (κ2) is 6.45. The number of pyridine rings is 1. The van der Waals surface area contributed by atoms with E-state index in [1.54, 1.807) is 6.20 Å². The normalized spacial score (nSPS) is 23.0. The molecule has 5 nitrogen and oxygen atoms in total. The van der Waals surface area contributed by atoms with Crippen LogP contribution in [-0.2, 0) is 12.7 Å². The second-order valence-corrected chi connectivity index (χ2v) is 7.73. The van der Waals surface area contributed by atoms with E-state index in [0.717, 1.165) is 42.2 Å². The van der Waals surface area contributed by atoms with Gasteiger partial charge in [0.05, 0.1) is 0 Å². The molecule has 2 aromatic heterocycles. The van der Waals surface area contributed by atoms with Crippen LogP contribution in [0.4, 0.5) is 19.0 Å². The maximum absolute atomic E-state index is 13.0. The molecular formula is C17H17BrF3N5. The van der Waals surface area contributed by atoms with Crippen LogP contribution in [-0.4, -0.2) is 45.0 Å². The van der Waals surface area contributed by atoms with E-state index in [-0.39, 0.29) is 17.9 Å². The highest BCUT2D eigenvalue weighted by atomic mass is 79.9. The minimum atomic E-state index is -4.46. The van der Waals surface area contributed by atoms with E-state index in [1.165, 1.54) is 6.92 Å². The van der Waals surface area contributed by atoms with E-state index >= 15 is 0 Å². The molecule has 0 amide bonds. The molecule has 0 saturated carbocycles. The molecule has 5 heterocycles. The van der Waals surface area contributed by atoms with Gasteiger partial charge in [0.2, 0.25) is 0 Å². The summed E-state index contributed by atoms with van der Waals surface area (Å²) in [7, 11) is 0. The number of hydrogen-bond donors (Lipinski definition) is 0. The molecule has 138 valence electrons. The molecule has 26 heavy (non-hydrogen) atoms. The summed E-state index contributed by atoms with van der Waals surface area (Å²) in [4.78, 5) is 16.3. The van der Waals surface area contributed by atoms with Crippen LogP contribution in [0.5, 0.6) is 0 Å². The predicted octanol–water partition coefficient (Wildman–Crippen LogP) is 3.42. The van der Waals surface area contributed by atoms with Gasteiger partial charge in [-0.25, -0.2) is 9.97 Å². The molecule has 0 N–H and O–H groups in total. The van der Waals surface area contributed by atoms with Crippen LogP contribution >= 0.6 is 15.9 Å². The Hall–Kier alpha value is -1.74. The van der Waals surface area contributed by atoms with Gasteiger partial charge in [0.25, 0.3) is 0 Å². The van der Waals surface area contributed by atoms with Crippen molar-refractivity contribution in [3.8, 4) is 0 Å². The van der Waals surface area contributed by atoms with Crippen LogP contribution in [0.1, 0.15) is 23.5 Å². The molecule has 2 unspecified atom stereocenters. The third-order valence-corrected chi connectivity index (χ3v) is 5.25. The van der Waals surface area contributed by atoms with Gasteiger partial charge in [-0.15, -0.1) is 0 Å². The largest absolute Gasteiger partial charge is 0.433 e. The number of piperidine rings is 1. The number of aromatic nitrogens is 3. The van der Waals surface area contributed by atoms with E-state index in [2.05, 4.69) is 35.8 Å². The lowest BCUT2D eigenvalue weighted by Gasteiger charge is -2.57. The quantitative estimate of drug-likeness (QED) is 0.750. The molecule has 3 aliphatic heterocycles. The van der Waals surface area contributed by atoms with Crippen LogP contribution < -0.4 is 4.90 Å². The van der Waals surface area contributed by atoms with Crippen LogP contribution in [0.15, 0.2) is 29.0 Å². The van der Waals surface area contributed by atoms with Gasteiger partial charge < -0.3 is 4.90 Å². The standard InChI is InChI=1S/C17H17BrF3N5/c1-10-23-15(17(19,20)21)4-16(24-10)26-13-3-14(26)9-25(8-13)7-11-2-12(18)6-22-5-11/h2,4-6,13-14H,3,7-9H2,1H3. The van der Waals surface area contributed by atoms with E-state index in [9.17, 15) is 13.2 Å². The zero-order valence-electron chi connectivity index (χ0n) is 14.0. The van der Waals surface area contributed by atoms with E-state index < -0.39 is 11.9 Å². The average molecular weight is 428 g/mol. The molecule has 0 aromatic carbocycles. The number of halogens is 4. The highest BCUT2D eigenvalue weighted by Crippen LogP contribution is 2.38. The summed E-state index contributed by atoms with van der Waals surface area (Å²) >= 11 is 3.42. The van der Waals surface area contributed by atoms with Gasteiger partial charge in [-0.1, -0.05) is 0 Å². The van der Waals surface area contributed by atoms with E-state index in [1.807, 2.05) is 17.2 Å². The van der Waals surface area contributed by atoms with Crippen molar-refractivity contribution in [2.75, 3.05) is 18.0 Å². The molecule has 9 heteroatoms. The Bertz CT molecular complexity index is 816. The zero-order chi connectivity index (χ0) is 18.5. The van der Waals surface area contributed by atoms with Crippen molar-refractivity contribution in [2.24, 2.45) is 0 Å². The molecule has 2 aromatic rings. The lowest BCUT2D eigenvalue weighted by Crippen LogP contribution is -2.69. The Morgan fingerprint density at radius 2 is 1.88 bits per heavy atom. The molecule has 0 radical (unpaired) electrons. The molecule has 0 aliphatic carbocycles. The van der Waals surface area contributed by atoms with Gasteiger partial charge in [-0.05, 0) is 40.9 Å². The van der Waals surface area contributed by atoms with Crippen molar-refractivity contribution in [1.29, 1.82) is 0 Å². The average Bonchev–Trinajstić information content (AvgIpc) is 2.53. The fourth-order valence-corrected chi connectivity index (χ4v) is 4.24. The highest BCUT2D eigenvalue weighted by Gasteiger charge is 2.46. The van der Waals surface area contributed by atoms with Crippen LogP contribution in [0.25, 0.3) is 0 Å². The molecule has 2 atom stereocenters. The number of piperazine rings is 1. The lowest BCUT2D eigenvalue weighted by atomic mass is 9.87. The summed E-state index contributed by atoms with van der Waals surface area (Å²) in [6.07, 6.45) is 0.112. The van der Waals surface area contributed by atoms with Gasteiger partial charge in [0.1, 0.15) is 17.3 Å².